The van der Waals surface area contributed by atoms with Gasteiger partial charge in [0.2, 0.25) is 0 Å². The first-order valence-electron chi connectivity index (χ1n) is 4.47. The third kappa shape index (κ3) is 1.92. The fourth-order valence-electron chi connectivity index (χ4n) is 1.42. The van der Waals surface area contributed by atoms with E-state index in [2.05, 4.69) is 9.97 Å². The normalized spacial score (nSPS) is 10.3. The van der Waals surface area contributed by atoms with E-state index in [1.165, 1.54) is 6.20 Å². The summed E-state index contributed by atoms with van der Waals surface area (Å²) in [7, 11) is 0. The van der Waals surface area contributed by atoms with Crippen LogP contribution < -0.4 is 0 Å². The van der Waals surface area contributed by atoms with Gasteiger partial charge in [0.05, 0.1) is 11.9 Å². The Hall–Kier alpha value is -1.61. The van der Waals surface area contributed by atoms with Crippen LogP contribution in [0.3, 0.4) is 0 Å². The predicted molar refractivity (Wildman–Crippen MR) is 59.2 cm³/mol. The van der Waals surface area contributed by atoms with E-state index in [0.717, 1.165) is 17.4 Å². The van der Waals surface area contributed by atoms with Gasteiger partial charge in [0.25, 0.3) is 0 Å². The summed E-state index contributed by atoms with van der Waals surface area (Å²) in [6, 6.07) is 5.54. The van der Waals surface area contributed by atoms with Crippen LogP contribution in [-0.2, 0) is 0 Å². The maximum Gasteiger partial charge on any atom is 0.167 e. The molecule has 3 nitrogen and oxygen atoms in total. The number of halogens is 1. The van der Waals surface area contributed by atoms with Gasteiger partial charge in [0, 0.05) is 10.6 Å². The number of nitrogens with one attached hydrogen (secondary N) is 1. The molecule has 0 unspecified atom stereocenters. The van der Waals surface area contributed by atoms with E-state index in [-0.39, 0.29) is 0 Å². The Morgan fingerprint density at radius 3 is 2.87 bits per heavy atom. The first-order chi connectivity index (χ1) is 7.20. The minimum atomic E-state index is 0.472. The molecule has 2 aromatic rings. The van der Waals surface area contributed by atoms with Gasteiger partial charge in [0.1, 0.15) is 5.82 Å². The maximum absolute atomic E-state index is 10.5. The summed E-state index contributed by atoms with van der Waals surface area (Å²) < 4.78 is 0. The van der Waals surface area contributed by atoms with E-state index in [4.69, 9.17) is 11.6 Å². The van der Waals surface area contributed by atoms with Crippen LogP contribution in [0.5, 0.6) is 0 Å². The summed E-state index contributed by atoms with van der Waals surface area (Å²) in [5.74, 6) is 0.686. The lowest BCUT2D eigenvalue weighted by atomic mass is 10.1. The van der Waals surface area contributed by atoms with Crippen LogP contribution in [-0.4, -0.2) is 16.3 Å². The molecule has 0 aliphatic heterocycles. The van der Waals surface area contributed by atoms with Crippen molar-refractivity contribution in [3.8, 4) is 11.4 Å². The molecular formula is C11H9ClN2O. The molecule has 0 saturated carbocycles. The Morgan fingerprint density at radius 2 is 2.27 bits per heavy atom. The number of carbonyl (C=O) groups is 1. The first-order valence-corrected chi connectivity index (χ1v) is 4.85. The van der Waals surface area contributed by atoms with E-state index in [1.54, 1.807) is 6.07 Å². The molecule has 0 spiro atoms. The third-order valence-electron chi connectivity index (χ3n) is 2.17. The highest BCUT2D eigenvalue weighted by Crippen LogP contribution is 2.23. The number of imidazole rings is 1. The molecule has 0 aliphatic rings. The molecule has 0 bridgehead atoms. The van der Waals surface area contributed by atoms with Crippen LogP contribution in [0.2, 0.25) is 5.02 Å². The highest BCUT2D eigenvalue weighted by atomic mass is 35.5. The summed E-state index contributed by atoms with van der Waals surface area (Å²) in [6.45, 7) is 1.95. The third-order valence-corrected chi connectivity index (χ3v) is 2.40. The predicted octanol–water partition coefficient (Wildman–Crippen LogP) is 2.85. The minimum absolute atomic E-state index is 0.472. The summed E-state index contributed by atoms with van der Waals surface area (Å²) in [5, 5.41) is 0.693. The molecule has 1 aromatic heterocycles. The molecule has 4 heteroatoms. The molecule has 0 amide bonds. The Kier molecular flexibility index (Phi) is 2.56. The fraction of sp³-hybridized carbons (Fsp3) is 0.0909. The lowest BCUT2D eigenvalue weighted by molar-refractivity contribution is 0.111. The van der Waals surface area contributed by atoms with Crippen LogP contribution in [0.4, 0.5) is 0 Å². The number of nitrogens with zero attached hydrogens (tertiary/aromatic N) is 1. The van der Waals surface area contributed by atoms with Gasteiger partial charge in [-0.15, -0.1) is 0 Å². The Bertz CT molecular complexity index is 505. The van der Waals surface area contributed by atoms with Gasteiger partial charge in [-0.3, -0.25) is 4.79 Å². The van der Waals surface area contributed by atoms with Crippen molar-refractivity contribution in [2.75, 3.05) is 0 Å². The van der Waals surface area contributed by atoms with Gasteiger partial charge in [0.15, 0.2) is 6.29 Å². The number of aldehydes is 1. The average molecular weight is 221 g/mol. The molecule has 0 aliphatic carbocycles. The number of aromatic amines is 1. The second-order valence-electron chi connectivity index (χ2n) is 3.26. The maximum atomic E-state index is 10.5. The number of carbonyl (C=O) groups excluding carboxylic acids is 1. The monoisotopic (exact) mass is 220 g/mol. The lowest BCUT2D eigenvalue weighted by Crippen LogP contribution is -1.86. The molecule has 0 atom stereocenters. The van der Waals surface area contributed by atoms with Crippen LogP contribution in [0, 0.1) is 6.92 Å². The Labute approximate surface area is 92.1 Å². The fourth-order valence-corrected chi connectivity index (χ4v) is 1.65. The second kappa shape index (κ2) is 3.87. The quantitative estimate of drug-likeness (QED) is 0.791. The van der Waals surface area contributed by atoms with E-state index >= 15 is 0 Å². The summed E-state index contributed by atoms with van der Waals surface area (Å²) >= 11 is 5.85. The topological polar surface area (TPSA) is 45.8 Å². The molecule has 0 radical (unpaired) electrons. The zero-order chi connectivity index (χ0) is 10.8. The Morgan fingerprint density at radius 1 is 1.47 bits per heavy atom. The van der Waals surface area contributed by atoms with Gasteiger partial charge in [-0.25, -0.2) is 4.98 Å². The summed E-state index contributed by atoms with van der Waals surface area (Å²) in [5.41, 5.74) is 2.45. The van der Waals surface area contributed by atoms with Crippen molar-refractivity contribution >= 4 is 17.9 Å². The molecule has 15 heavy (non-hydrogen) atoms. The molecule has 1 N–H and O–H groups in total. The molecule has 1 aromatic carbocycles. The van der Waals surface area contributed by atoms with Gasteiger partial charge >= 0.3 is 0 Å². The number of hydrogen-bond acceptors (Lipinski definition) is 2. The van der Waals surface area contributed by atoms with Crippen LogP contribution in [0.1, 0.15) is 16.1 Å². The van der Waals surface area contributed by atoms with Gasteiger partial charge in [-0.1, -0.05) is 11.6 Å². The largest absolute Gasteiger partial charge is 0.336 e. The molecule has 2 rings (SSSR count). The average Bonchev–Trinajstić information content (AvgIpc) is 2.66. The van der Waals surface area contributed by atoms with E-state index in [9.17, 15) is 4.79 Å². The van der Waals surface area contributed by atoms with Crippen LogP contribution in [0.25, 0.3) is 11.4 Å². The number of rotatable bonds is 2. The zero-order valence-electron chi connectivity index (χ0n) is 8.12. The van der Waals surface area contributed by atoms with Crippen molar-refractivity contribution in [1.82, 2.24) is 9.97 Å². The van der Waals surface area contributed by atoms with Gasteiger partial charge in [-0.05, 0) is 30.7 Å². The second-order valence-corrected chi connectivity index (χ2v) is 3.70. The van der Waals surface area contributed by atoms with Crippen molar-refractivity contribution in [2.24, 2.45) is 0 Å². The van der Waals surface area contributed by atoms with Gasteiger partial charge in [-0.2, -0.15) is 0 Å². The molecule has 1 heterocycles. The van der Waals surface area contributed by atoms with E-state index in [1.807, 2.05) is 19.1 Å². The molecule has 76 valence electrons. The SMILES string of the molecule is Cc1cc(Cl)ccc1-c1ncc(C=O)[nH]1. The molecule has 0 fully saturated rings. The lowest BCUT2D eigenvalue weighted by Gasteiger charge is -2.02. The van der Waals surface area contributed by atoms with Crippen molar-refractivity contribution in [1.29, 1.82) is 0 Å². The van der Waals surface area contributed by atoms with Crippen molar-refractivity contribution in [3.63, 3.8) is 0 Å². The summed E-state index contributed by atoms with van der Waals surface area (Å²) in [6.07, 6.45) is 2.25. The van der Waals surface area contributed by atoms with Gasteiger partial charge < -0.3 is 4.98 Å². The smallest absolute Gasteiger partial charge is 0.167 e. The number of benzene rings is 1. The van der Waals surface area contributed by atoms with Crippen LogP contribution >= 0.6 is 11.6 Å². The number of aromatic nitrogens is 2. The van der Waals surface area contributed by atoms with Crippen molar-refractivity contribution in [2.45, 2.75) is 6.92 Å². The number of H-pyrrole nitrogens is 1. The highest BCUT2D eigenvalue weighted by molar-refractivity contribution is 6.30. The minimum Gasteiger partial charge on any atom is -0.336 e. The zero-order valence-corrected chi connectivity index (χ0v) is 8.88. The Balaban J connectivity index is 2.49. The summed E-state index contributed by atoms with van der Waals surface area (Å²) in [4.78, 5) is 17.5. The van der Waals surface area contributed by atoms with E-state index < -0.39 is 0 Å². The van der Waals surface area contributed by atoms with Crippen molar-refractivity contribution < 1.29 is 4.79 Å². The van der Waals surface area contributed by atoms with Crippen molar-refractivity contribution in [3.05, 3.63) is 40.7 Å². The highest BCUT2D eigenvalue weighted by Gasteiger charge is 2.06. The number of hydrogen-bond donors (Lipinski definition) is 1. The molecular weight excluding hydrogens is 212 g/mol. The standard InChI is InChI=1S/C11H9ClN2O/c1-7-4-8(12)2-3-10(7)11-13-5-9(6-15)14-11/h2-6H,1H3,(H,13,14). The molecule has 0 saturated heterocycles. The van der Waals surface area contributed by atoms with Crippen LogP contribution in [0.15, 0.2) is 24.4 Å². The van der Waals surface area contributed by atoms with E-state index in [0.29, 0.717) is 16.5 Å². The first kappa shape index (κ1) is 9.93. The number of aryl methyl sites for hydroxylation is 1.